The summed E-state index contributed by atoms with van der Waals surface area (Å²) in [5, 5.41) is 12.0. The Balaban J connectivity index is 1.55. The molecule has 1 atom stereocenters. The predicted octanol–water partition coefficient (Wildman–Crippen LogP) is 4.52. The van der Waals surface area contributed by atoms with Gasteiger partial charge in [-0.05, 0) is 43.0 Å². The average Bonchev–Trinajstić information content (AvgIpc) is 3.01. The number of rotatable bonds is 6. The van der Waals surface area contributed by atoms with Crippen LogP contribution in [0.3, 0.4) is 0 Å². The van der Waals surface area contributed by atoms with E-state index in [0.29, 0.717) is 15.9 Å². The highest BCUT2D eigenvalue weighted by atomic mass is 32.2. The number of piperidine rings is 1. The van der Waals surface area contributed by atoms with Gasteiger partial charge in [-0.1, -0.05) is 56.0 Å². The van der Waals surface area contributed by atoms with Crippen molar-refractivity contribution in [2.24, 2.45) is 5.92 Å². The Kier molecular flexibility index (Phi) is 6.67. The maximum absolute atomic E-state index is 12.4. The Morgan fingerprint density at radius 3 is 2.81 bits per heavy atom. The Morgan fingerprint density at radius 1 is 1.35 bits per heavy atom. The lowest BCUT2D eigenvalue weighted by Gasteiger charge is -2.30. The summed E-state index contributed by atoms with van der Waals surface area (Å²) in [4.78, 5) is 14.9. The van der Waals surface area contributed by atoms with Crippen molar-refractivity contribution in [1.29, 1.82) is 0 Å². The van der Waals surface area contributed by atoms with E-state index in [4.69, 9.17) is 0 Å². The predicted molar refractivity (Wildman–Crippen MR) is 109 cm³/mol. The van der Waals surface area contributed by atoms with Crippen LogP contribution in [0.2, 0.25) is 0 Å². The molecule has 5 nitrogen and oxygen atoms in total. The number of carbonyl (C=O) groups is 1. The summed E-state index contributed by atoms with van der Waals surface area (Å²) in [5.74, 6) is 0.639. The first-order valence-corrected chi connectivity index (χ1v) is 10.8. The standard InChI is InChI=1S/C19H26N4OS2/c1-13(2)25-19-22-21-18(26-19)20-17(24)16-8-6-15(7-9-16)12-23-10-4-5-14(3)11-23/h6-9,13-14H,4-5,10-12H2,1-3H3,(H,20,21,24)/t14-/m1/s1. The fourth-order valence-electron chi connectivity index (χ4n) is 3.13. The van der Waals surface area contributed by atoms with Crippen LogP contribution in [0.1, 0.15) is 49.5 Å². The lowest BCUT2D eigenvalue weighted by Crippen LogP contribution is -2.33. The molecule has 26 heavy (non-hydrogen) atoms. The molecule has 1 aliphatic heterocycles. The van der Waals surface area contributed by atoms with E-state index in [9.17, 15) is 4.79 Å². The van der Waals surface area contributed by atoms with Crippen LogP contribution in [0.15, 0.2) is 28.6 Å². The zero-order chi connectivity index (χ0) is 18.5. The number of amides is 1. The van der Waals surface area contributed by atoms with Gasteiger partial charge in [0.05, 0.1) is 0 Å². The molecule has 0 aliphatic carbocycles. The molecule has 1 aromatic carbocycles. The summed E-state index contributed by atoms with van der Waals surface area (Å²) >= 11 is 3.06. The third kappa shape index (κ3) is 5.53. The summed E-state index contributed by atoms with van der Waals surface area (Å²) < 4.78 is 0.876. The number of thioether (sulfide) groups is 1. The number of carbonyl (C=O) groups excluding carboxylic acids is 1. The van der Waals surface area contributed by atoms with Gasteiger partial charge in [0.25, 0.3) is 5.91 Å². The molecule has 0 radical (unpaired) electrons. The van der Waals surface area contributed by atoms with Crippen molar-refractivity contribution in [3.63, 3.8) is 0 Å². The molecular weight excluding hydrogens is 364 g/mol. The van der Waals surface area contributed by atoms with Gasteiger partial charge in [-0.15, -0.1) is 10.2 Å². The van der Waals surface area contributed by atoms with Crippen molar-refractivity contribution in [3.05, 3.63) is 35.4 Å². The Labute approximate surface area is 163 Å². The van der Waals surface area contributed by atoms with Crippen LogP contribution in [0.4, 0.5) is 5.13 Å². The normalized spacial score (nSPS) is 18.2. The molecule has 7 heteroatoms. The van der Waals surface area contributed by atoms with E-state index in [1.807, 2.05) is 24.3 Å². The van der Waals surface area contributed by atoms with E-state index in [-0.39, 0.29) is 5.91 Å². The van der Waals surface area contributed by atoms with E-state index < -0.39 is 0 Å². The monoisotopic (exact) mass is 390 g/mol. The summed E-state index contributed by atoms with van der Waals surface area (Å²) in [6.45, 7) is 9.82. The minimum Gasteiger partial charge on any atom is -0.299 e. The van der Waals surface area contributed by atoms with Gasteiger partial charge >= 0.3 is 0 Å². The molecule has 3 rings (SSSR count). The quantitative estimate of drug-likeness (QED) is 0.580. The molecule has 2 heterocycles. The van der Waals surface area contributed by atoms with E-state index in [2.05, 4.69) is 41.2 Å². The van der Waals surface area contributed by atoms with Crippen LogP contribution in [-0.2, 0) is 6.54 Å². The van der Waals surface area contributed by atoms with Crippen molar-refractivity contribution in [3.8, 4) is 0 Å². The summed E-state index contributed by atoms with van der Waals surface area (Å²) in [6.07, 6.45) is 2.61. The first kappa shape index (κ1) is 19.3. The topological polar surface area (TPSA) is 58.1 Å². The lowest BCUT2D eigenvalue weighted by atomic mass is 9.99. The average molecular weight is 391 g/mol. The maximum atomic E-state index is 12.4. The molecule has 140 valence electrons. The van der Waals surface area contributed by atoms with Gasteiger partial charge in [0, 0.05) is 23.9 Å². The van der Waals surface area contributed by atoms with E-state index in [1.165, 1.54) is 36.3 Å². The van der Waals surface area contributed by atoms with Crippen molar-refractivity contribution >= 4 is 34.1 Å². The van der Waals surface area contributed by atoms with Gasteiger partial charge in [-0.25, -0.2) is 0 Å². The molecule has 1 fully saturated rings. The fourth-order valence-corrected chi connectivity index (χ4v) is 5.10. The first-order chi connectivity index (χ1) is 12.5. The Hall–Kier alpha value is -1.44. The van der Waals surface area contributed by atoms with Gasteiger partial charge in [0.2, 0.25) is 5.13 Å². The maximum Gasteiger partial charge on any atom is 0.257 e. The molecule has 1 N–H and O–H groups in total. The Morgan fingerprint density at radius 2 is 2.12 bits per heavy atom. The van der Waals surface area contributed by atoms with E-state index >= 15 is 0 Å². The molecular formula is C19H26N4OS2. The number of hydrogen-bond acceptors (Lipinski definition) is 6. The van der Waals surface area contributed by atoms with Gasteiger partial charge in [0.15, 0.2) is 4.34 Å². The molecule has 1 saturated heterocycles. The number of aromatic nitrogens is 2. The number of likely N-dealkylation sites (tertiary alicyclic amines) is 1. The number of benzene rings is 1. The second kappa shape index (κ2) is 8.97. The van der Waals surface area contributed by atoms with Gasteiger partial charge in [-0.3, -0.25) is 15.0 Å². The second-order valence-electron chi connectivity index (χ2n) is 7.17. The van der Waals surface area contributed by atoms with Crippen LogP contribution in [0, 0.1) is 5.92 Å². The molecule has 0 unspecified atom stereocenters. The summed E-state index contributed by atoms with van der Waals surface area (Å²) in [6, 6.07) is 7.88. The summed E-state index contributed by atoms with van der Waals surface area (Å²) in [5.41, 5.74) is 1.90. The van der Waals surface area contributed by atoms with Crippen molar-refractivity contribution in [2.45, 2.75) is 49.7 Å². The lowest BCUT2D eigenvalue weighted by molar-refractivity contribution is 0.102. The first-order valence-electron chi connectivity index (χ1n) is 9.12. The van der Waals surface area contributed by atoms with Crippen molar-refractivity contribution in [2.75, 3.05) is 18.4 Å². The smallest absolute Gasteiger partial charge is 0.257 e. The highest BCUT2D eigenvalue weighted by molar-refractivity contribution is 8.01. The van der Waals surface area contributed by atoms with Gasteiger partial charge in [0.1, 0.15) is 0 Å². The molecule has 0 bridgehead atoms. The highest BCUT2D eigenvalue weighted by Gasteiger charge is 2.16. The zero-order valence-corrected chi connectivity index (χ0v) is 17.2. The minimum absolute atomic E-state index is 0.139. The number of hydrogen-bond donors (Lipinski definition) is 1. The zero-order valence-electron chi connectivity index (χ0n) is 15.6. The molecule has 0 saturated carbocycles. The third-order valence-electron chi connectivity index (χ3n) is 4.33. The summed E-state index contributed by atoms with van der Waals surface area (Å²) in [7, 11) is 0. The number of anilines is 1. The molecule has 0 spiro atoms. The van der Waals surface area contributed by atoms with E-state index in [1.54, 1.807) is 11.8 Å². The van der Waals surface area contributed by atoms with Crippen LogP contribution in [-0.4, -0.2) is 39.3 Å². The fraction of sp³-hybridized carbons (Fsp3) is 0.526. The molecule has 2 aromatic rings. The molecule has 1 aromatic heterocycles. The highest BCUT2D eigenvalue weighted by Crippen LogP contribution is 2.28. The van der Waals surface area contributed by atoms with Crippen molar-refractivity contribution in [1.82, 2.24) is 15.1 Å². The number of nitrogens with one attached hydrogen (secondary N) is 1. The second-order valence-corrected chi connectivity index (χ2v) is 9.97. The Bertz CT molecular complexity index is 729. The van der Waals surface area contributed by atoms with Crippen LogP contribution < -0.4 is 5.32 Å². The van der Waals surface area contributed by atoms with Crippen LogP contribution in [0.25, 0.3) is 0 Å². The minimum atomic E-state index is -0.139. The third-order valence-corrected chi connectivity index (χ3v) is 6.25. The largest absolute Gasteiger partial charge is 0.299 e. The van der Waals surface area contributed by atoms with Crippen molar-refractivity contribution < 1.29 is 4.79 Å². The van der Waals surface area contributed by atoms with E-state index in [0.717, 1.165) is 23.3 Å². The number of nitrogens with zero attached hydrogens (tertiary/aromatic N) is 3. The SMILES string of the molecule is CC(C)Sc1nnc(NC(=O)c2ccc(CN3CCC[C@@H](C)C3)cc2)s1. The molecule has 1 aliphatic rings. The van der Waals surface area contributed by atoms with Gasteiger partial charge in [-0.2, -0.15) is 0 Å². The molecule has 1 amide bonds. The van der Waals surface area contributed by atoms with Crippen LogP contribution >= 0.6 is 23.1 Å². The van der Waals surface area contributed by atoms with Crippen LogP contribution in [0.5, 0.6) is 0 Å². The van der Waals surface area contributed by atoms with Gasteiger partial charge < -0.3 is 0 Å².